The highest BCUT2D eigenvalue weighted by molar-refractivity contribution is 5.90. The molecule has 0 unspecified atom stereocenters. The molecule has 4 N–H and O–H groups in total. The Balaban J connectivity index is 2.24. The Hall–Kier alpha value is -1.56. The molecule has 1 aliphatic heterocycles. The number of carboxylic acids is 1. The van der Waals surface area contributed by atoms with E-state index in [1.807, 2.05) is 0 Å². The van der Waals surface area contributed by atoms with Gasteiger partial charge in [-0.15, -0.1) is 0 Å². The van der Waals surface area contributed by atoms with Crippen LogP contribution in [0, 0.1) is 0 Å². The average molecular weight is 210 g/mol. The lowest BCUT2D eigenvalue weighted by molar-refractivity contribution is 0.0692. The zero-order valence-electron chi connectivity index (χ0n) is 8.31. The molecule has 0 aromatic carbocycles. The second-order valence-corrected chi connectivity index (χ2v) is 3.67. The second kappa shape index (κ2) is 3.90. The number of nitrogens with one attached hydrogen (secondary N) is 1. The Labute approximate surface area is 87.1 Å². The molecule has 1 aromatic rings. The molecule has 82 valence electrons. The topological polar surface area (TPSA) is 93.2 Å². The minimum Gasteiger partial charge on any atom is -0.476 e. The first-order valence-corrected chi connectivity index (χ1v) is 4.96. The Kier molecular flexibility index (Phi) is 2.59. The van der Waals surface area contributed by atoms with Crippen molar-refractivity contribution < 1.29 is 9.90 Å². The fraction of sp³-hybridized carbons (Fsp3) is 0.556. The Morgan fingerprint density at radius 2 is 2.27 bits per heavy atom. The molecule has 1 aromatic heterocycles. The molecular weight excluding hydrogens is 196 g/mol. The van der Waals surface area contributed by atoms with Crippen molar-refractivity contribution in [3.8, 4) is 0 Å². The quantitative estimate of drug-likeness (QED) is 0.643. The van der Waals surface area contributed by atoms with Gasteiger partial charge in [-0.1, -0.05) is 0 Å². The number of carbonyl (C=O) groups is 1. The maximum absolute atomic E-state index is 10.7. The van der Waals surface area contributed by atoms with Gasteiger partial charge >= 0.3 is 5.97 Å². The minimum absolute atomic E-state index is 0.0477. The van der Waals surface area contributed by atoms with E-state index in [1.165, 1.54) is 6.33 Å². The first kappa shape index (κ1) is 9.97. The van der Waals surface area contributed by atoms with Crippen LogP contribution in [0.4, 0.5) is 5.82 Å². The number of carboxylic acid groups (broad SMARTS) is 1. The average Bonchev–Trinajstić information content (AvgIpc) is 2.61. The van der Waals surface area contributed by atoms with Crippen molar-refractivity contribution in [3.63, 3.8) is 0 Å². The minimum atomic E-state index is -1.07. The van der Waals surface area contributed by atoms with Crippen LogP contribution >= 0.6 is 0 Å². The monoisotopic (exact) mass is 210 g/mol. The molecule has 2 heterocycles. The number of aromatic nitrogens is 2. The standard InChI is InChI=1S/C9H14N4O2/c10-8-7(9(14)15)12-5-13(8)6-1-3-11-4-2-6/h5-6,11H,1-4,10H2,(H,14,15). The first-order chi connectivity index (χ1) is 7.20. The van der Waals surface area contributed by atoms with Crippen molar-refractivity contribution in [3.05, 3.63) is 12.0 Å². The molecule has 0 spiro atoms. The van der Waals surface area contributed by atoms with Crippen molar-refractivity contribution in [2.24, 2.45) is 0 Å². The summed E-state index contributed by atoms with van der Waals surface area (Å²) >= 11 is 0. The van der Waals surface area contributed by atoms with Crippen molar-refractivity contribution in [2.75, 3.05) is 18.8 Å². The maximum Gasteiger partial charge on any atom is 0.358 e. The van der Waals surface area contributed by atoms with Crippen LogP contribution in [0.25, 0.3) is 0 Å². The number of imidazole rings is 1. The summed E-state index contributed by atoms with van der Waals surface area (Å²) in [6.07, 6.45) is 3.44. The van der Waals surface area contributed by atoms with Gasteiger partial charge in [0.15, 0.2) is 5.69 Å². The number of nitrogen functional groups attached to an aromatic ring is 1. The van der Waals surface area contributed by atoms with Gasteiger partial charge in [0.1, 0.15) is 5.82 Å². The van der Waals surface area contributed by atoms with Crippen LogP contribution in [0.3, 0.4) is 0 Å². The second-order valence-electron chi connectivity index (χ2n) is 3.67. The Morgan fingerprint density at radius 1 is 1.60 bits per heavy atom. The van der Waals surface area contributed by atoms with E-state index in [0.717, 1.165) is 25.9 Å². The van der Waals surface area contributed by atoms with Gasteiger partial charge < -0.3 is 20.7 Å². The van der Waals surface area contributed by atoms with Crippen molar-refractivity contribution >= 4 is 11.8 Å². The predicted molar refractivity (Wildman–Crippen MR) is 54.7 cm³/mol. The predicted octanol–water partition coefficient (Wildman–Crippen LogP) is 0.0880. The Bertz CT molecular complexity index is 368. The van der Waals surface area contributed by atoms with Gasteiger partial charge in [-0.05, 0) is 25.9 Å². The smallest absolute Gasteiger partial charge is 0.358 e. The first-order valence-electron chi connectivity index (χ1n) is 4.96. The van der Waals surface area contributed by atoms with Crippen LogP contribution in [0.1, 0.15) is 29.4 Å². The Morgan fingerprint density at radius 3 is 2.80 bits per heavy atom. The summed E-state index contributed by atoms with van der Waals surface area (Å²) in [5, 5.41) is 12.1. The highest BCUT2D eigenvalue weighted by atomic mass is 16.4. The van der Waals surface area contributed by atoms with E-state index in [9.17, 15) is 4.79 Å². The molecule has 0 saturated carbocycles. The summed E-state index contributed by atoms with van der Waals surface area (Å²) in [6, 6.07) is 0.270. The number of rotatable bonds is 2. The highest BCUT2D eigenvalue weighted by Crippen LogP contribution is 2.23. The fourth-order valence-electron chi connectivity index (χ4n) is 1.91. The molecule has 2 rings (SSSR count). The van der Waals surface area contributed by atoms with Crippen molar-refractivity contribution in [1.29, 1.82) is 0 Å². The van der Waals surface area contributed by atoms with Gasteiger partial charge in [-0.2, -0.15) is 0 Å². The number of anilines is 1. The van der Waals surface area contributed by atoms with Crippen LogP contribution in [0.15, 0.2) is 6.33 Å². The summed E-state index contributed by atoms with van der Waals surface area (Å²) in [4.78, 5) is 14.6. The summed E-state index contributed by atoms with van der Waals surface area (Å²) < 4.78 is 1.77. The van der Waals surface area contributed by atoms with Crippen LogP contribution in [-0.2, 0) is 0 Å². The molecule has 0 atom stereocenters. The number of aromatic carboxylic acids is 1. The zero-order chi connectivity index (χ0) is 10.8. The normalized spacial score (nSPS) is 17.9. The van der Waals surface area contributed by atoms with Crippen molar-refractivity contribution in [1.82, 2.24) is 14.9 Å². The highest BCUT2D eigenvalue weighted by Gasteiger charge is 2.21. The number of piperidine rings is 1. The van der Waals surface area contributed by atoms with Gasteiger partial charge in [0, 0.05) is 6.04 Å². The molecule has 6 heteroatoms. The van der Waals surface area contributed by atoms with Gasteiger partial charge in [-0.3, -0.25) is 0 Å². The molecule has 0 radical (unpaired) electrons. The molecule has 0 bridgehead atoms. The molecule has 0 aliphatic carbocycles. The lowest BCUT2D eigenvalue weighted by atomic mass is 10.1. The fourth-order valence-corrected chi connectivity index (χ4v) is 1.91. The summed E-state index contributed by atoms with van der Waals surface area (Å²) in [5.41, 5.74) is 5.69. The lowest BCUT2D eigenvalue weighted by Gasteiger charge is -2.24. The number of hydrogen-bond acceptors (Lipinski definition) is 4. The summed E-state index contributed by atoms with van der Waals surface area (Å²) in [6.45, 7) is 1.87. The van der Waals surface area contributed by atoms with Gasteiger partial charge in [0.25, 0.3) is 0 Å². The largest absolute Gasteiger partial charge is 0.476 e. The molecule has 1 aliphatic rings. The van der Waals surface area contributed by atoms with E-state index >= 15 is 0 Å². The van der Waals surface area contributed by atoms with E-state index in [1.54, 1.807) is 4.57 Å². The molecule has 0 amide bonds. The maximum atomic E-state index is 10.7. The van der Waals surface area contributed by atoms with Gasteiger partial charge in [0.2, 0.25) is 0 Å². The number of nitrogens with two attached hydrogens (primary N) is 1. The molecule has 6 nitrogen and oxygen atoms in total. The van der Waals surface area contributed by atoms with E-state index in [-0.39, 0.29) is 17.6 Å². The molecule has 1 saturated heterocycles. The van der Waals surface area contributed by atoms with Gasteiger partial charge in [-0.25, -0.2) is 9.78 Å². The lowest BCUT2D eigenvalue weighted by Crippen LogP contribution is -2.29. The number of hydrogen-bond donors (Lipinski definition) is 3. The third kappa shape index (κ3) is 1.80. The van der Waals surface area contributed by atoms with Crippen LogP contribution in [0.5, 0.6) is 0 Å². The summed E-state index contributed by atoms with van der Waals surface area (Å²) in [7, 11) is 0. The van der Waals surface area contributed by atoms with E-state index < -0.39 is 5.97 Å². The van der Waals surface area contributed by atoms with E-state index in [4.69, 9.17) is 10.8 Å². The molecular formula is C9H14N4O2. The van der Waals surface area contributed by atoms with Crippen LogP contribution in [-0.4, -0.2) is 33.7 Å². The van der Waals surface area contributed by atoms with Crippen molar-refractivity contribution in [2.45, 2.75) is 18.9 Å². The van der Waals surface area contributed by atoms with Crippen LogP contribution < -0.4 is 11.1 Å². The third-order valence-electron chi connectivity index (χ3n) is 2.74. The SMILES string of the molecule is Nc1c(C(=O)O)ncn1C1CCNCC1. The molecule has 15 heavy (non-hydrogen) atoms. The van der Waals surface area contributed by atoms with Crippen LogP contribution in [0.2, 0.25) is 0 Å². The zero-order valence-corrected chi connectivity index (χ0v) is 8.31. The van der Waals surface area contributed by atoms with E-state index in [0.29, 0.717) is 0 Å². The van der Waals surface area contributed by atoms with Gasteiger partial charge in [0.05, 0.1) is 6.33 Å². The number of nitrogens with zero attached hydrogens (tertiary/aromatic N) is 2. The molecule has 1 fully saturated rings. The third-order valence-corrected chi connectivity index (χ3v) is 2.74. The summed E-state index contributed by atoms with van der Waals surface area (Å²) in [5.74, 6) is -0.811. The van der Waals surface area contributed by atoms with E-state index in [2.05, 4.69) is 10.3 Å².